The van der Waals surface area contributed by atoms with Gasteiger partial charge in [0.15, 0.2) is 0 Å². The van der Waals surface area contributed by atoms with Crippen LogP contribution in [-0.2, 0) is 14.3 Å². The monoisotopic (exact) mass is 199 g/mol. The molecular formula is C10H17NO3. The first-order chi connectivity index (χ1) is 6.69. The molecule has 0 aromatic heterocycles. The second-order valence-corrected chi connectivity index (χ2v) is 3.70. The third kappa shape index (κ3) is 2.47. The zero-order valence-electron chi connectivity index (χ0n) is 8.71. The Morgan fingerprint density at radius 2 is 1.93 bits per heavy atom. The normalized spacial score (nSPS) is 26.7. The molecule has 0 radical (unpaired) electrons. The van der Waals surface area contributed by atoms with E-state index in [2.05, 4.69) is 10.1 Å². The summed E-state index contributed by atoms with van der Waals surface area (Å²) in [5.41, 5.74) is 0. The first-order valence-corrected chi connectivity index (χ1v) is 4.98. The molecule has 4 heteroatoms. The summed E-state index contributed by atoms with van der Waals surface area (Å²) in [6, 6.07) is 0. The van der Waals surface area contributed by atoms with Gasteiger partial charge in [-0.25, -0.2) is 0 Å². The summed E-state index contributed by atoms with van der Waals surface area (Å²) >= 11 is 0. The van der Waals surface area contributed by atoms with Crippen LogP contribution in [0.25, 0.3) is 0 Å². The smallest absolute Gasteiger partial charge is 0.308 e. The molecule has 0 aromatic carbocycles. The Bertz CT molecular complexity index is 205. The lowest BCUT2D eigenvalue weighted by atomic mass is 9.81. The standard InChI is InChI=1S/C10H17NO3/c1-11-9(12)7-4-3-5-8(6-7)10(13)14-2/h7-8H,3-6H2,1-2H3,(H,11,12)/t7-,8?/m0/s1. The minimum absolute atomic E-state index is 0.0159. The van der Waals surface area contributed by atoms with Gasteiger partial charge in [0.2, 0.25) is 5.91 Å². The fraction of sp³-hybridized carbons (Fsp3) is 0.800. The molecule has 1 N–H and O–H groups in total. The molecule has 0 aliphatic heterocycles. The molecule has 80 valence electrons. The van der Waals surface area contributed by atoms with Gasteiger partial charge in [0.1, 0.15) is 0 Å². The number of hydrogen-bond donors (Lipinski definition) is 1. The lowest BCUT2D eigenvalue weighted by Crippen LogP contribution is -2.33. The number of ether oxygens (including phenoxy) is 1. The minimum Gasteiger partial charge on any atom is -0.469 e. The number of carbonyl (C=O) groups is 2. The Morgan fingerprint density at radius 3 is 2.50 bits per heavy atom. The highest BCUT2D eigenvalue weighted by molar-refractivity contribution is 5.80. The van der Waals surface area contributed by atoms with Gasteiger partial charge in [0, 0.05) is 13.0 Å². The zero-order chi connectivity index (χ0) is 10.6. The van der Waals surface area contributed by atoms with E-state index in [0.29, 0.717) is 6.42 Å². The number of carbonyl (C=O) groups excluding carboxylic acids is 2. The van der Waals surface area contributed by atoms with Crippen molar-refractivity contribution in [2.45, 2.75) is 25.7 Å². The number of nitrogens with one attached hydrogen (secondary N) is 1. The number of methoxy groups -OCH3 is 1. The second-order valence-electron chi connectivity index (χ2n) is 3.70. The highest BCUT2D eigenvalue weighted by atomic mass is 16.5. The van der Waals surface area contributed by atoms with Crippen LogP contribution in [0.4, 0.5) is 0 Å². The van der Waals surface area contributed by atoms with E-state index in [1.54, 1.807) is 7.05 Å². The molecule has 4 nitrogen and oxygen atoms in total. The van der Waals surface area contributed by atoms with Crippen molar-refractivity contribution in [2.75, 3.05) is 14.2 Å². The molecule has 1 rings (SSSR count). The third-order valence-corrected chi connectivity index (χ3v) is 2.83. The summed E-state index contributed by atoms with van der Waals surface area (Å²) in [6.07, 6.45) is 3.29. The van der Waals surface area contributed by atoms with Crippen LogP contribution < -0.4 is 5.32 Å². The summed E-state index contributed by atoms with van der Waals surface area (Å²) in [5, 5.41) is 2.62. The Hall–Kier alpha value is -1.06. The van der Waals surface area contributed by atoms with E-state index in [0.717, 1.165) is 19.3 Å². The van der Waals surface area contributed by atoms with E-state index in [9.17, 15) is 9.59 Å². The van der Waals surface area contributed by atoms with Crippen molar-refractivity contribution < 1.29 is 14.3 Å². The number of esters is 1. The van der Waals surface area contributed by atoms with Gasteiger partial charge < -0.3 is 10.1 Å². The van der Waals surface area contributed by atoms with E-state index in [-0.39, 0.29) is 23.7 Å². The molecule has 1 unspecified atom stereocenters. The zero-order valence-corrected chi connectivity index (χ0v) is 8.71. The Kier molecular flexibility index (Phi) is 3.92. The van der Waals surface area contributed by atoms with Crippen LogP contribution in [0.15, 0.2) is 0 Å². The summed E-state index contributed by atoms with van der Waals surface area (Å²) in [6.45, 7) is 0. The highest BCUT2D eigenvalue weighted by Crippen LogP contribution is 2.29. The van der Waals surface area contributed by atoms with Gasteiger partial charge >= 0.3 is 5.97 Å². The predicted molar refractivity (Wildman–Crippen MR) is 51.5 cm³/mol. The van der Waals surface area contributed by atoms with Crippen molar-refractivity contribution in [1.29, 1.82) is 0 Å². The summed E-state index contributed by atoms with van der Waals surface area (Å²) in [5.74, 6) is -0.244. The van der Waals surface area contributed by atoms with Crippen molar-refractivity contribution in [3.63, 3.8) is 0 Å². The van der Waals surface area contributed by atoms with Crippen LogP contribution in [0.5, 0.6) is 0 Å². The maximum Gasteiger partial charge on any atom is 0.308 e. The van der Waals surface area contributed by atoms with E-state index < -0.39 is 0 Å². The third-order valence-electron chi connectivity index (χ3n) is 2.83. The molecule has 0 spiro atoms. The largest absolute Gasteiger partial charge is 0.469 e. The van der Waals surface area contributed by atoms with Gasteiger partial charge in [-0.1, -0.05) is 6.42 Å². The molecule has 1 amide bonds. The first kappa shape index (κ1) is 11.0. The molecule has 1 aliphatic rings. The molecule has 0 bridgehead atoms. The topological polar surface area (TPSA) is 55.4 Å². The average molecular weight is 199 g/mol. The quantitative estimate of drug-likeness (QED) is 0.666. The van der Waals surface area contributed by atoms with Gasteiger partial charge in [-0.2, -0.15) is 0 Å². The van der Waals surface area contributed by atoms with Crippen LogP contribution in [0.1, 0.15) is 25.7 Å². The summed E-state index contributed by atoms with van der Waals surface area (Å²) < 4.78 is 4.68. The van der Waals surface area contributed by atoms with Crippen molar-refractivity contribution >= 4 is 11.9 Å². The molecular weight excluding hydrogens is 182 g/mol. The van der Waals surface area contributed by atoms with Gasteiger partial charge in [0.25, 0.3) is 0 Å². The van der Waals surface area contributed by atoms with Crippen molar-refractivity contribution in [1.82, 2.24) is 5.32 Å². The van der Waals surface area contributed by atoms with E-state index in [4.69, 9.17) is 0 Å². The lowest BCUT2D eigenvalue weighted by molar-refractivity contribution is -0.147. The highest BCUT2D eigenvalue weighted by Gasteiger charge is 2.31. The van der Waals surface area contributed by atoms with Gasteiger partial charge in [-0.05, 0) is 19.3 Å². The molecule has 2 atom stereocenters. The fourth-order valence-corrected chi connectivity index (χ4v) is 2.01. The Morgan fingerprint density at radius 1 is 1.29 bits per heavy atom. The summed E-state index contributed by atoms with van der Waals surface area (Å²) in [7, 11) is 3.02. The van der Waals surface area contributed by atoms with E-state index in [1.165, 1.54) is 7.11 Å². The van der Waals surface area contributed by atoms with Crippen LogP contribution in [0.3, 0.4) is 0 Å². The SMILES string of the molecule is CNC(=O)[C@H]1CCCC(C(=O)OC)C1. The molecule has 0 heterocycles. The molecule has 1 saturated carbocycles. The lowest BCUT2D eigenvalue weighted by Gasteiger charge is -2.25. The number of hydrogen-bond acceptors (Lipinski definition) is 3. The molecule has 14 heavy (non-hydrogen) atoms. The predicted octanol–water partition coefficient (Wildman–Crippen LogP) is 0.712. The molecule has 1 fully saturated rings. The first-order valence-electron chi connectivity index (χ1n) is 4.98. The fourth-order valence-electron chi connectivity index (χ4n) is 2.01. The Labute approximate surface area is 84.0 Å². The van der Waals surface area contributed by atoms with Crippen LogP contribution in [-0.4, -0.2) is 26.0 Å². The molecule has 0 aromatic rings. The maximum absolute atomic E-state index is 11.4. The maximum atomic E-state index is 11.4. The van der Waals surface area contributed by atoms with Crippen LogP contribution in [0, 0.1) is 11.8 Å². The number of rotatable bonds is 2. The van der Waals surface area contributed by atoms with Crippen molar-refractivity contribution in [2.24, 2.45) is 11.8 Å². The van der Waals surface area contributed by atoms with Crippen molar-refractivity contribution in [3.8, 4) is 0 Å². The van der Waals surface area contributed by atoms with Crippen molar-refractivity contribution in [3.05, 3.63) is 0 Å². The summed E-state index contributed by atoms with van der Waals surface area (Å²) in [4.78, 5) is 22.6. The molecule has 1 aliphatic carbocycles. The van der Waals surface area contributed by atoms with Crippen LogP contribution >= 0.6 is 0 Å². The van der Waals surface area contributed by atoms with E-state index >= 15 is 0 Å². The van der Waals surface area contributed by atoms with Gasteiger partial charge in [0.05, 0.1) is 13.0 Å². The van der Waals surface area contributed by atoms with Gasteiger partial charge in [-0.15, -0.1) is 0 Å². The van der Waals surface area contributed by atoms with Gasteiger partial charge in [-0.3, -0.25) is 9.59 Å². The number of amides is 1. The van der Waals surface area contributed by atoms with E-state index in [1.807, 2.05) is 0 Å². The Balaban J connectivity index is 2.51. The second kappa shape index (κ2) is 4.98. The minimum atomic E-state index is -0.182. The molecule has 0 saturated heterocycles. The average Bonchev–Trinajstić information content (AvgIpc) is 2.27. The van der Waals surface area contributed by atoms with Crippen LogP contribution in [0.2, 0.25) is 0 Å².